The highest BCUT2D eigenvalue weighted by Gasteiger charge is 2.31. The van der Waals surface area contributed by atoms with Crippen LogP contribution in [0.3, 0.4) is 0 Å². The molecule has 0 aromatic rings. The fourth-order valence-electron chi connectivity index (χ4n) is 2.54. The third kappa shape index (κ3) is 2.48. The van der Waals surface area contributed by atoms with Gasteiger partial charge in [0.1, 0.15) is 0 Å². The van der Waals surface area contributed by atoms with Crippen LogP contribution >= 0.6 is 0 Å². The van der Waals surface area contributed by atoms with E-state index >= 15 is 0 Å². The van der Waals surface area contributed by atoms with E-state index in [1.807, 2.05) is 0 Å². The monoisotopic (exact) mass is 196 g/mol. The van der Waals surface area contributed by atoms with Gasteiger partial charge in [0.15, 0.2) is 0 Å². The lowest BCUT2D eigenvalue weighted by atomic mass is 9.98. The normalized spacial score (nSPS) is 37.1. The highest BCUT2D eigenvalue weighted by atomic mass is 15.1. The summed E-state index contributed by atoms with van der Waals surface area (Å²) in [6.07, 6.45) is 5.57. The molecule has 0 spiro atoms. The molecule has 1 saturated carbocycles. The van der Waals surface area contributed by atoms with E-state index in [4.69, 9.17) is 0 Å². The Morgan fingerprint density at radius 2 is 2.00 bits per heavy atom. The van der Waals surface area contributed by atoms with Crippen LogP contribution in [0.5, 0.6) is 0 Å². The Hall–Kier alpha value is -0.0800. The SMILES string of the molecule is CC(NC1CCN(C)C(C)C1)C1CC1. The molecule has 2 nitrogen and oxygen atoms in total. The molecular formula is C12H24N2. The minimum absolute atomic E-state index is 0.757. The number of nitrogens with zero attached hydrogens (tertiary/aromatic N) is 1. The number of rotatable bonds is 3. The van der Waals surface area contributed by atoms with Gasteiger partial charge in [-0.3, -0.25) is 0 Å². The van der Waals surface area contributed by atoms with Crippen molar-refractivity contribution in [2.45, 2.75) is 57.7 Å². The highest BCUT2D eigenvalue weighted by Crippen LogP contribution is 2.33. The second-order valence-electron chi connectivity index (χ2n) is 5.34. The van der Waals surface area contributed by atoms with Crippen LogP contribution in [0.15, 0.2) is 0 Å². The Labute approximate surface area is 88.1 Å². The standard InChI is InChI=1S/C12H24N2/c1-9-8-12(6-7-14(9)3)13-10(2)11-4-5-11/h9-13H,4-8H2,1-3H3. The van der Waals surface area contributed by atoms with Crippen LogP contribution in [-0.2, 0) is 0 Å². The number of hydrogen-bond donors (Lipinski definition) is 1. The third-order valence-electron chi connectivity index (χ3n) is 4.04. The van der Waals surface area contributed by atoms with Crippen molar-refractivity contribution in [3.63, 3.8) is 0 Å². The van der Waals surface area contributed by atoms with E-state index in [-0.39, 0.29) is 0 Å². The second-order valence-corrected chi connectivity index (χ2v) is 5.34. The van der Waals surface area contributed by atoms with Gasteiger partial charge in [-0.15, -0.1) is 0 Å². The van der Waals surface area contributed by atoms with Gasteiger partial charge in [0.25, 0.3) is 0 Å². The van der Waals surface area contributed by atoms with Crippen molar-refractivity contribution in [1.29, 1.82) is 0 Å². The number of nitrogens with one attached hydrogen (secondary N) is 1. The van der Waals surface area contributed by atoms with Crippen molar-refractivity contribution < 1.29 is 0 Å². The molecule has 0 aromatic heterocycles. The molecule has 1 aliphatic heterocycles. The molecule has 82 valence electrons. The smallest absolute Gasteiger partial charge is 0.00966 e. The van der Waals surface area contributed by atoms with Crippen molar-refractivity contribution >= 4 is 0 Å². The average Bonchev–Trinajstić information content (AvgIpc) is 2.94. The summed E-state index contributed by atoms with van der Waals surface area (Å²) in [5.74, 6) is 0.991. The molecule has 0 amide bonds. The predicted molar refractivity (Wildman–Crippen MR) is 60.4 cm³/mol. The first-order chi connectivity index (χ1) is 6.66. The first-order valence-electron chi connectivity index (χ1n) is 6.13. The van der Waals surface area contributed by atoms with Crippen LogP contribution in [-0.4, -0.2) is 36.6 Å². The molecule has 1 N–H and O–H groups in total. The Kier molecular flexibility index (Phi) is 3.13. The molecule has 3 atom stereocenters. The Morgan fingerprint density at radius 1 is 1.29 bits per heavy atom. The van der Waals surface area contributed by atoms with E-state index < -0.39 is 0 Å². The minimum atomic E-state index is 0.757. The quantitative estimate of drug-likeness (QED) is 0.741. The molecule has 1 saturated heterocycles. The van der Waals surface area contributed by atoms with Crippen LogP contribution < -0.4 is 5.32 Å². The van der Waals surface area contributed by atoms with Crippen molar-refractivity contribution in [3.05, 3.63) is 0 Å². The van der Waals surface area contributed by atoms with Gasteiger partial charge in [-0.25, -0.2) is 0 Å². The fraction of sp³-hybridized carbons (Fsp3) is 1.00. The zero-order valence-corrected chi connectivity index (χ0v) is 9.79. The molecule has 3 unspecified atom stereocenters. The van der Waals surface area contributed by atoms with Gasteiger partial charge in [0, 0.05) is 18.1 Å². The van der Waals surface area contributed by atoms with Gasteiger partial charge < -0.3 is 10.2 Å². The summed E-state index contributed by atoms with van der Waals surface area (Å²) in [6.45, 7) is 5.96. The van der Waals surface area contributed by atoms with Gasteiger partial charge in [-0.2, -0.15) is 0 Å². The highest BCUT2D eigenvalue weighted by molar-refractivity contribution is 4.88. The summed E-state index contributed by atoms with van der Waals surface area (Å²) >= 11 is 0. The molecule has 1 aliphatic carbocycles. The Bertz CT molecular complexity index is 189. The van der Waals surface area contributed by atoms with Crippen LogP contribution in [0.2, 0.25) is 0 Å². The zero-order valence-electron chi connectivity index (χ0n) is 9.79. The van der Waals surface area contributed by atoms with E-state index in [0.717, 1.165) is 24.0 Å². The lowest BCUT2D eigenvalue weighted by Crippen LogP contribution is -2.48. The maximum absolute atomic E-state index is 3.81. The molecule has 0 bridgehead atoms. The number of likely N-dealkylation sites (tertiary alicyclic amines) is 1. The van der Waals surface area contributed by atoms with Crippen molar-refractivity contribution in [3.8, 4) is 0 Å². The lowest BCUT2D eigenvalue weighted by molar-refractivity contribution is 0.161. The Balaban J connectivity index is 1.75. The van der Waals surface area contributed by atoms with Crippen LogP contribution in [0.4, 0.5) is 0 Å². The molecule has 14 heavy (non-hydrogen) atoms. The summed E-state index contributed by atoms with van der Waals surface area (Å²) in [5.41, 5.74) is 0. The van der Waals surface area contributed by atoms with E-state index in [2.05, 4.69) is 31.1 Å². The van der Waals surface area contributed by atoms with Gasteiger partial charge in [0.05, 0.1) is 0 Å². The van der Waals surface area contributed by atoms with Crippen LogP contribution in [0.1, 0.15) is 39.5 Å². The van der Waals surface area contributed by atoms with Gasteiger partial charge in [0.2, 0.25) is 0 Å². The molecule has 2 fully saturated rings. The third-order valence-corrected chi connectivity index (χ3v) is 4.04. The molecule has 2 aliphatic rings. The molecule has 0 radical (unpaired) electrons. The van der Waals surface area contributed by atoms with Gasteiger partial charge in [-0.1, -0.05) is 0 Å². The maximum atomic E-state index is 3.81. The topological polar surface area (TPSA) is 15.3 Å². The largest absolute Gasteiger partial charge is 0.311 e. The maximum Gasteiger partial charge on any atom is 0.00966 e. The Morgan fingerprint density at radius 3 is 2.57 bits per heavy atom. The van der Waals surface area contributed by atoms with E-state index in [0.29, 0.717) is 0 Å². The lowest BCUT2D eigenvalue weighted by Gasteiger charge is -2.36. The summed E-state index contributed by atoms with van der Waals surface area (Å²) in [7, 11) is 2.24. The molecule has 2 heteroatoms. The predicted octanol–water partition coefficient (Wildman–Crippen LogP) is 1.86. The summed E-state index contributed by atoms with van der Waals surface area (Å²) in [4.78, 5) is 2.47. The molecule has 1 heterocycles. The molecule has 2 rings (SSSR count). The number of hydrogen-bond acceptors (Lipinski definition) is 2. The average molecular weight is 196 g/mol. The minimum Gasteiger partial charge on any atom is -0.311 e. The fourth-order valence-corrected chi connectivity index (χ4v) is 2.54. The molecular weight excluding hydrogens is 172 g/mol. The zero-order chi connectivity index (χ0) is 10.1. The van der Waals surface area contributed by atoms with E-state index in [1.165, 1.54) is 32.2 Å². The van der Waals surface area contributed by atoms with Crippen LogP contribution in [0, 0.1) is 5.92 Å². The molecule has 0 aromatic carbocycles. The first-order valence-corrected chi connectivity index (χ1v) is 6.13. The summed E-state index contributed by atoms with van der Waals surface area (Å²) in [6, 6.07) is 2.29. The van der Waals surface area contributed by atoms with Crippen molar-refractivity contribution in [2.75, 3.05) is 13.6 Å². The van der Waals surface area contributed by atoms with E-state index in [1.54, 1.807) is 0 Å². The number of piperidine rings is 1. The van der Waals surface area contributed by atoms with Gasteiger partial charge in [-0.05, 0) is 59.0 Å². The van der Waals surface area contributed by atoms with Crippen molar-refractivity contribution in [2.24, 2.45) is 5.92 Å². The summed E-state index contributed by atoms with van der Waals surface area (Å²) in [5, 5.41) is 3.81. The second kappa shape index (κ2) is 4.19. The van der Waals surface area contributed by atoms with Crippen LogP contribution in [0.25, 0.3) is 0 Å². The van der Waals surface area contributed by atoms with E-state index in [9.17, 15) is 0 Å². The first kappa shape index (κ1) is 10.4. The van der Waals surface area contributed by atoms with Crippen molar-refractivity contribution in [1.82, 2.24) is 10.2 Å². The van der Waals surface area contributed by atoms with Gasteiger partial charge >= 0.3 is 0 Å². The summed E-state index contributed by atoms with van der Waals surface area (Å²) < 4.78 is 0.